The number of fused-ring (bicyclic) bond motifs is 1. The van der Waals surface area contributed by atoms with Gasteiger partial charge in [0.25, 0.3) is 0 Å². The molecule has 0 radical (unpaired) electrons. The summed E-state index contributed by atoms with van der Waals surface area (Å²) >= 11 is 2.31. The van der Waals surface area contributed by atoms with E-state index in [0.717, 1.165) is 60.1 Å². The Balaban J connectivity index is 2.12. The second kappa shape index (κ2) is 8.46. The molecule has 0 bridgehead atoms. The van der Waals surface area contributed by atoms with E-state index in [1.165, 1.54) is 3.57 Å². The first-order valence-corrected chi connectivity index (χ1v) is 10.6. The fraction of sp³-hybridized carbons (Fsp3) is 0.429. The lowest BCUT2D eigenvalue weighted by molar-refractivity contribution is -0.115. The van der Waals surface area contributed by atoms with Gasteiger partial charge < -0.3 is 15.1 Å². The third-order valence-electron chi connectivity index (χ3n) is 4.88. The summed E-state index contributed by atoms with van der Waals surface area (Å²) in [5, 5.41) is 3.09. The molecule has 0 spiro atoms. The summed E-state index contributed by atoms with van der Waals surface area (Å²) in [6, 6.07) is 8.38. The number of anilines is 4. The molecule has 1 amide bonds. The molecule has 1 aliphatic rings. The van der Waals surface area contributed by atoms with Crippen molar-refractivity contribution in [2.24, 2.45) is 0 Å². The molecule has 5 nitrogen and oxygen atoms in total. The van der Waals surface area contributed by atoms with E-state index >= 15 is 0 Å². The van der Waals surface area contributed by atoms with Crippen LogP contribution in [-0.2, 0) is 4.79 Å². The van der Waals surface area contributed by atoms with E-state index in [9.17, 15) is 4.79 Å². The number of nitrogens with one attached hydrogen (secondary N) is 1. The third kappa shape index (κ3) is 4.20. The van der Waals surface area contributed by atoms with E-state index < -0.39 is 0 Å². The predicted octanol–water partition coefficient (Wildman–Crippen LogP) is 5.02. The van der Waals surface area contributed by atoms with Gasteiger partial charge in [-0.1, -0.05) is 13.3 Å². The standard InChI is InChI=1S/C21H27IN4O/c1-5-7-10-25(6-2)18-12-15(4)23-21-20(18)24-19(27)13-26(21)17-9-8-16(22)11-14(17)3/h8-9,11-12H,5-7,10,13H2,1-4H3,(H,24,27). The maximum absolute atomic E-state index is 12.5. The summed E-state index contributed by atoms with van der Waals surface area (Å²) in [6.07, 6.45) is 2.26. The molecule has 144 valence electrons. The van der Waals surface area contributed by atoms with Crippen molar-refractivity contribution in [1.29, 1.82) is 0 Å². The number of unbranched alkanes of at least 4 members (excludes halogenated alkanes) is 1. The molecule has 1 aromatic carbocycles. The van der Waals surface area contributed by atoms with Crippen LogP contribution >= 0.6 is 22.6 Å². The Morgan fingerprint density at radius 2 is 2.04 bits per heavy atom. The Kier molecular flexibility index (Phi) is 6.24. The SMILES string of the molecule is CCCCN(CC)c1cc(C)nc2c1NC(=O)CN2c1ccc(I)cc1C. The Morgan fingerprint density at radius 3 is 2.70 bits per heavy atom. The largest absolute Gasteiger partial charge is 0.370 e. The number of aryl methyl sites for hydroxylation is 2. The molecule has 0 aliphatic carbocycles. The van der Waals surface area contributed by atoms with Crippen LogP contribution in [0.4, 0.5) is 22.9 Å². The molecule has 1 aromatic heterocycles. The first-order valence-electron chi connectivity index (χ1n) is 9.54. The van der Waals surface area contributed by atoms with Crippen LogP contribution in [-0.4, -0.2) is 30.5 Å². The van der Waals surface area contributed by atoms with E-state index in [2.05, 4.69) is 77.8 Å². The highest BCUT2D eigenvalue weighted by Gasteiger charge is 2.29. The van der Waals surface area contributed by atoms with Crippen LogP contribution in [0.1, 0.15) is 37.9 Å². The smallest absolute Gasteiger partial charge is 0.244 e. The van der Waals surface area contributed by atoms with Gasteiger partial charge in [0.1, 0.15) is 12.2 Å². The molecule has 0 saturated heterocycles. The van der Waals surface area contributed by atoms with Crippen molar-refractivity contribution < 1.29 is 4.79 Å². The van der Waals surface area contributed by atoms with Gasteiger partial charge in [-0.15, -0.1) is 0 Å². The first kappa shape index (κ1) is 19.9. The quantitative estimate of drug-likeness (QED) is 0.593. The molecule has 0 unspecified atom stereocenters. The van der Waals surface area contributed by atoms with Gasteiger partial charge in [-0.3, -0.25) is 4.79 Å². The number of nitrogens with zero attached hydrogens (tertiary/aromatic N) is 3. The van der Waals surface area contributed by atoms with Gasteiger partial charge in [-0.2, -0.15) is 0 Å². The van der Waals surface area contributed by atoms with Crippen LogP contribution in [0.15, 0.2) is 24.3 Å². The van der Waals surface area contributed by atoms with E-state index in [0.29, 0.717) is 0 Å². The van der Waals surface area contributed by atoms with Crippen molar-refractivity contribution >= 4 is 51.4 Å². The van der Waals surface area contributed by atoms with Crippen molar-refractivity contribution in [3.05, 3.63) is 39.1 Å². The van der Waals surface area contributed by atoms with Crippen molar-refractivity contribution in [3.63, 3.8) is 0 Å². The van der Waals surface area contributed by atoms with Gasteiger partial charge in [0, 0.05) is 28.0 Å². The fourth-order valence-electron chi connectivity index (χ4n) is 3.52. The number of pyridine rings is 1. The Bertz CT molecular complexity index is 852. The van der Waals surface area contributed by atoms with E-state index in [-0.39, 0.29) is 12.5 Å². The predicted molar refractivity (Wildman–Crippen MR) is 121 cm³/mol. The normalized spacial score (nSPS) is 13.4. The number of rotatable bonds is 6. The zero-order valence-corrected chi connectivity index (χ0v) is 18.6. The summed E-state index contributed by atoms with van der Waals surface area (Å²) in [5.41, 5.74) is 5.03. The molecule has 0 atom stereocenters. The number of hydrogen-bond donors (Lipinski definition) is 1. The Labute approximate surface area is 175 Å². The summed E-state index contributed by atoms with van der Waals surface area (Å²) in [7, 11) is 0. The molecular weight excluding hydrogens is 451 g/mol. The Hall–Kier alpha value is -1.83. The Morgan fingerprint density at radius 1 is 1.26 bits per heavy atom. The summed E-state index contributed by atoms with van der Waals surface area (Å²) in [5.74, 6) is 0.836. The molecule has 27 heavy (non-hydrogen) atoms. The van der Waals surface area contributed by atoms with E-state index in [1.807, 2.05) is 11.8 Å². The van der Waals surface area contributed by atoms with Crippen LogP contribution in [0.5, 0.6) is 0 Å². The molecule has 0 fully saturated rings. The van der Waals surface area contributed by atoms with Crippen LogP contribution in [0.3, 0.4) is 0 Å². The monoisotopic (exact) mass is 478 g/mol. The lowest BCUT2D eigenvalue weighted by Gasteiger charge is -2.35. The number of hydrogen-bond acceptors (Lipinski definition) is 4. The fourth-order valence-corrected chi connectivity index (χ4v) is 4.17. The second-order valence-corrected chi connectivity index (χ2v) is 8.23. The minimum absolute atomic E-state index is 0.00102. The molecule has 0 saturated carbocycles. The average Bonchev–Trinajstić information content (AvgIpc) is 2.62. The van der Waals surface area contributed by atoms with Gasteiger partial charge in [-0.25, -0.2) is 4.98 Å². The van der Waals surface area contributed by atoms with Crippen molar-refractivity contribution in [2.45, 2.75) is 40.5 Å². The molecule has 2 heterocycles. The molecule has 1 N–H and O–H groups in total. The number of carbonyl (C=O) groups excluding carboxylic acids is 1. The van der Waals surface area contributed by atoms with E-state index in [1.54, 1.807) is 0 Å². The molecule has 1 aliphatic heterocycles. The van der Waals surface area contributed by atoms with Crippen LogP contribution in [0.25, 0.3) is 0 Å². The average molecular weight is 478 g/mol. The van der Waals surface area contributed by atoms with Gasteiger partial charge in [0.05, 0.1) is 5.69 Å². The summed E-state index contributed by atoms with van der Waals surface area (Å²) in [6.45, 7) is 10.6. The first-order chi connectivity index (χ1) is 12.9. The van der Waals surface area contributed by atoms with E-state index in [4.69, 9.17) is 4.98 Å². The van der Waals surface area contributed by atoms with Gasteiger partial charge in [-0.05, 0) is 79.6 Å². The number of carbonyl (C=O) groups is 1. The maximum Gasteiger partial charge on any atom is 0.244 e. The molecule has 3 rings (SSSR count). The highest BCUT2D eigenvalue weighted by molar-refractivity contribution is 14.1. The molecular formula is C21H27IN4O. The molecule has 2 aromatic rings. The van der Waals surface area contributed by atoms with Crippen molar-refractivity contribution in [1.82, 2.24) is 4.98 Å². The second-order valence-electron chi connectivity index (χ2n) is 6.98. The van der Waals surface area contributed by atoms with Gasteiger partial charge in [0.2, 0.25) is 5.91 Å². The van der Waals surface area contributed by atoms with Crippen molar-refractivity contribution in [3.8, 4) is 0 Å². The maximum atomic E-state index is 12.5. The summed E-state index contributed by atoms with van der Waals surface area (Å²) < 4.78 is 1.19. The topological polar surface area (TPSA) is 48.5 Å². The number of amides is 1. The lowest BCUT2D eigenvalue weighted by Crippen LogP contribution is -2.38. The number of benzene rings is 1. The highest BCUT2D eigenvalue weighted by Crippen LogP contribution is 2.41. The zero-order chi connectivity index (χ0) is 19.6. The third-order valence-corrected chi connectivity index (χ3v) is 5.55. The zero-order valence-electron chi connectivity index (χ0n) is 16.5. The minimum atomic E-state index is -0.00102. The summed E-state index contributed by atoms with van der Waals surface area (Å²) in [4.78, 5) is 21.7. The minimum Gasteiger partial charge on any atom is -0.370 e. The van der Waals surface area contributed by atoms with Crippen LogP contribution < -0.4 is 15.1 Å². The van der Waals surface area contributed by atoms with Gasteiger partial charge >= 0.3 is 0 Å². The highest BCUT2D eigenvalue weighted by atomic mass is 127. The molecule has 6 heteroatoms. The van der Waals surface area contributed by atoms with Crippen molar-refractivity contribution in [2.75, 3.05) is 34.8 Å². The van der Waals surface area contributed by atoms with Crippen LogP contribution in [0.2, 0.25) is 0 Å². The number of halogens is 1. The van der Waals surface area contributed by atoms with Crippen LogP contribution in [0, 0.1) is 17.4 Å². The number of aromatic nitrogens is 1. The van der Waals surface area contributed by atoms with Gasteiger partial charge in [0.15, 0.2) is 5.82 Å². The lowest BCUT2D eigenvalue weighted by atomic mass is 10.1.